The molecule has 0 radical (unpaired) electrons. The third-order valence-electron chi connectivity index (χ3n) is 2.77. The number of nitrogens with zero attached hydrogens (tertiary/aromatic N) is 3. The summed E-state index contributed by atoms with van der Waals surface area (Å²) >= 11 is 0. The fourth-order valence-electron chi connectivity index (χ4n) is 1.66. The van der Waals surface area contributed by atoms with Crippen LogP contribution >= 0.6 is 0 Å². The maximum Gasteiger partial charge on any atom is 0.502 e. The molecule has 130 valence electrons. The zero-order valence-electron chi connectivity index (χ0n) is 13.8. The van der Waals surface area contributed by atoms with Gasteiger partial charge in [-0.1, -0.05) is 20.8 Å². The number of rotatable bonds is 13. The molecule has 0 heterocycles. The van der Waals surface area contributed by atoms with Crippen LogP contribution in [0.15, 0.2) is 4.52 Å². The van der Waals surface area contributed by atoms with Crippen LogP contribution in [0.4, 0.5) is 0 Å². The summed E-state index contributed by atoms with van der Waals surface area (Å²) < 4.78 is 44.1. The molecule has 0 saturated heterocycles. The molecule has 0 fully saturated rings. The molecule has 0 saturated carbocycles. The average Bonchev–Trinajstić information content (AvgIpc) is 2.48. The van der Waals surface area contributed by atoms with E-state index in [1.165, 1.54) is 6.92 Å². The molecule has 22 heavy (non-hydrogen) atoms. The van der Waals surface area contributed by atoms with Gasteiger partial charge in [0, 0.05) is 35.3 Å². The second-order valence-electron chi connectivity index (χ2n) is 4.93. The number of hydrogen-bond donors (Lipinski definition) is 0. The van der Waals surface area contributed by atoms with Gasteiger partial charge in [-0.15, -0.1) is 0 Å². The third kappa shape index (κ3) is 7.57. The quantitative estimate of drug-likeness (QED) is 0.218. The van der Waals surface area contributed by atoms with E-state index < -0.39 is 24.1 Å². The SMILES string of the molecule is CCCO[Si](CC(C)S(=O)(=O)N=[N+]=[N-])(OCCC)OCCC. The highest BCUT2D eigenvalue weighted by Gasteiger charge is 2.45. The Bertz CT molecular complexity index is 432. The van der Waals surface area contributed by atoms with Crippen molar-refractivity contribution in [2.24, 2.45) is 4.52 Å². The van der Waals surface area contributed by atoms with Crippen LogP contribution in [0.25, 0.3) is 10.4 Å². The van der Waals surface area contributed by atoms with Gasteiger partial charge in [0.05, 0.1) is 5.25 Å². The molecule has 0 N–H and O–H groups in total. The van der Waals surface area contributed by atoms with Gasteiger partial charge in [0.25, 0.3) is 0 Å². The largest absolute Gasteiger partial charge is 0.502 e. The molecule has 10 heteroatoms. The highest BCUT2D eigenvalue weighted by atomic mass is 32.2. The van der Waals surface area contributed by atoms with E-state index in [9.17, 15) is 8.42 Å². The summed E-state index contributed by atoms with van der Waals surface area (Å²) in [4.78, 5) is 2.37. The Morgan fingerprint density at radius 1 is 1.05 bits per heavy atom. The summed E-state index contributed by atoms with van der Waals surface area (Å²) in [6.45, 7) is 8.67. The standard InChI is InChI=1S/C12H27N3O5SSi/c1-5-8-18-22(19-9-6-2,20-10-7-3)11-12(4)21(16,17)15-14-13/h12H,5-11H2,1-4H3. The van der Waals surface area contributed by atoms with Crippen molar-refractivity contribution in [2.75, 3.05) is 19.8 Å². The summed E-state index contributed by atoms with van der Waals surface area (Å²) in [6, 6.07) is 0.0777. The van der Waals surface area contributed by atoms with Crippen molar-refractivity contribution in [3.05, 3.63) is 10.4 Å². The first kappa shape index (κ1) is 21.4. The highest BCUT2D eigenvalue weighted by molar-refractivity contribution is 7.90. The maximum atomic E-state index is 11.9. The minimum atomic E-state index is -3.92. The van der Waals surface area contributed by atoms with E-state index in [4.69, 9.17) is 18.8 Å². The predicted molar refractivity (Wildman–Crippen MR) is 86.8 cm³/mol. The van der Waals surface area contributed by atoms with E-state index in [1.54, 1.807) is 0 Å². The normalized spacial score (nSPS) is 13.6. The van der Waals surface area contributed by atoms with Crippen LogP contribution in [-0.2, 0) is 23.3 Å². The molecular weight excluding hydrogens is 326 g/mol. The van der Waals surface area contributed by atoms with E-state index in [0.29, 0.717) is 19.8 Å². The second-order valence-corrected chi connectivity index (χ2v) is 9.57. The van der Waals surface area contributed by atoms with Crippen molar-refractivity contribution < 1.29 is 21.7 Å². The minimum Gasteiger partial charge on any atom is -0.373 e. The molecule has 0 aromatic rings. The Morgan fingerprint density at radius 3 is 1.77 bits per heavy atom. The van der Waals surface area contributed by atoms with Crippen molar-refractivity contribution in [1.82, 2.24) is 0 Å². The summed E-state index contributed by atoms with van der Waals surface area (Å²) in [5.74, 6) is 0. The monoisotopic (exact) mass is 353 g/mol. The molecular formula is C12H27N3O5SSi. The lowest BCUT2D eigenvalue weighted by molar-refractivity contribution is 0.0592. The van der Waals surface area contributed by atoms with Gasteiger partial charge in [-0.05, 0) is 31.7 Å². The maximum absolute atomic E-state index is 11.9. The lowest BCUT2D eigenvalue weighted by atomic mass is 10.5. The van der Waals surface area contributed by atoms with Crippen molar-refractivity contribution in [2.45, 2.75) is 58.3 Å². The van der Waals surface area contributed by atoms with E-state index in [1.807, 2.05) is 20.8 Å². The number of hydrogen-bond acceptors (Lipinski definition) is 5. The van der Waals surface area contributed by atoms with Crippen molar-refractivity contribution in [3.8, 4) is 0 Å². The molecule has 0 aliphatic heterocycles. The predicted octanol–water partition coefficient (Wildman–Crippen LogP) is 3.23. The van der Waals surface area contributed by atoms with E-state index in [2.05, 4.69) is 9.43 Å². The van der Waals surface area contributed by atoms with Crippen LogP contribution in [0, 0.1) is 0 Å². The number of sulfonamides is 1. The topological polar surface area (TPSA) is 111 Å². The molecule has 0 aromatic heterocycles. The molecule has 0 rings (SSSR count). The van der Waals surface area contributed by atoms with Gasteiger partial charge in [-0.2, -0.15) is 0 Å². The molecule has 8 nitrogen and oxygen atoms in total. The van der Waals surface area contributed by atoms with Gasteiger partial charge >= 0.3 is 8.80 Å². The zero-order valence-corrected chi connectivity index (χ0v) is 15.6. The highest BCUT2D eigenvalue weighted by Crippen LogP contribution is 2.23. The summed E-state index contributed by atoms with van der Waals surface area (Å²) in [5, 5.41) is -0.916. The molecule has 0 spiro atoms. The van der Waals surface area contributed by atoms with Gasteiger partial charge in [-0.3, -0.25) is 0 Å². The Labute approximate surface area is 134 Å². The Morgan fingerprint density at radius 2 is 1.45 bits per heavy atom. The molecule has 1 atom stereocenters. The van der Waals surface area contributed by atoms with E-state index in [-0.39, 0.29) is 6.04 Å². The van der Waals surface area contributed by atoms with Crippen molar-refractivity contribution in [1.29, 1.82) is 0 Å². The van der Waals surface area contributed by atoms with Crippen LogP contribution in [0.3, 0.4) is 0 Å². The van der Waals surface area contributed by atoms with Crippen LogP contribution in [0.2, 0.25) is 6.04 Å². The first-order chi connectivity index (χ1) is 10.4. The van der Waals surface area contributed by atoms with Crippen LogP contribution in [0.5, 0.6) is 0 Å². The smallest absolute Gasteiger partial charge is 0.373 e. The first-order valence-electron chi connectivity index (χ1n) is 7.59. The molecule has 0 amide bonds. The summed E-state index contributed by atoms with van der Waals surface area (Å²) in [6.07, 6.45) is 2.32. The van der Waals surface area contributed by atoms with Crippen LogP contribution < -0.4 is 0 Å². The third-order valence-corrected chi connectivity index (χ3v) is 7.60. The van der Waals surface area contributed by atoms with Crippen molar-refractivity contribution >= 4 is 18.8 Å². The fourth-order valence-corrected chi connectivity index (χ4v) is 6.23. The van der Waals surface area contributed by atoms with Gasteiger partial charge in [-0.25, -0.2) is 8.42 Å². The molecule has 0 aliphatic rings. The summed E-state index contributed by atoms with van der Waals surface area (Å²) in [7, 11) is -7.04. The molecule has 0 aliphatic carbocycles. The van der Waals surface area contributed by atoms with Gasteiger partial charge in [0.1, 0.15) is 0 Å². The van der Waals surface area contributed by atoms with Gasteiger partial charge < -0.3 is 13.3 Å². The lowest BCUT2D eigenvalue weighted by Gasteiger charge is -2.31. The Balaban J connectivity index is 5.26. The van der Waals surface area contributed by atoms with E-state index >= 15 is 0 Å². The zero-order chi connectivity index (χ0) is 17.1. The minimum absolute atomic E-state index is 0.0777. The molecule has 0 aromatic carbocycles. The van der Waals surface area contributed by atoms with Gasteiger partial charge in [0.2, 0.25) is 10.0 Å². The summed E-state index contributed by atoms with van der Waals surface area (Å²) in [5.41, 5.74) is 8.37. The molecule has 1 unspecified atom stereocenters. The van der Waals surface area contributed by atoms with Crippen molar-refractivity contribution in [3.63, 3.8) is 0 Å². The van der Waals surface area contributed by atoms with Crippen LogP contribution in [0.1, 0.15) is 47.0 Å². The Kier molecular flexibility index (Phi) is 10.7. The van der Waals surface area contributed by atoms with Crippen LogP contribution in [-0.4, -0.2) is 42.3 Å². The average molecular weight is 354 g/mol. The fraction of sp³-hybridized carbons (Fsp3) is 1.00. The van der Waals surface area contributed by atoms with E-state index in [0.717, 1.165) is 19.3 Å². The first-order valence-corrected chi connectivity index (χ1v) is 11.0. The molecule has 0 bridgehead atoms. The number of azide groups is 1. The Hall–Kier alpha value is -0.643. The lowest BCUT2D eigenvalue weighted by Crippen LogP contribution is -2.49. The second kappa shape index (κ2) is 11.0. The van der Waals surface area contributed by atoms with Gasteiger partial charge in [0.15, 0.2) is 0 Å².